The molecular formula is C12H12ClNO. The van der Waals surface area contributed by atoms with E-state index >= 15 is 0 Å². The Morgan fingerprint density at radius 2 is 2.20 bits per heavy atom. The van der Waals surface area contributed by atoms with E-state index in [1.807, 2.05) is 36.4 Å². The van der Waals surface area contributed by atoms with Gasteiger partial charge in [0.2, 0.25) is 5.89 Å². The van der Waals surface area contributed by atoms with Crippen LogP contribution in [-0.4, -0.2) is 10.9 Å². The van der Waals surface area contributed by atoms with Gasteiger partial charge in [-0.15, -0.1) is 11.6 Å². The Labute approximate surface area is 93.6 Å². The molecule has 0 unspecified atom stereocenters. The van der Waals surface area contributed by atoms with Gasteiger partial charge in [0, 0.05) is 5.88 Å². The highest BCUT2D eigenvalue weighted by molar-refractivity contribution is 6.17. The number of benzene rings is 1. The van der Waals surface area contributed by atoms with Gasteiger partial charge in [-0.05, 0) is 31.1 Å². The smallest absolute Gasteiger partial charge is 0.219 e. The minimum Gasteiger partial charge on any atom is -0.437 e. The lowest BCUT2D eigenvalue weighted by molar-refractivity contribution is 0.589. The quantitative estimate of drug-likeness (QED) is 0.579. The van der Waals surface area contributed by atoms with Gasteiger partial charge in [0.05, 0.1) is 0 Å². The number of aromatic nitrogens is 1. The normalized spacial score (nSPS) is 11.5. The third kappa shape index (κ3) is 2.60. The number of fused-ring (bicyclic) bond motifs is 1. The van der Waals surface area contributed by atoms with Crippen molar-refractivity contribution >= 4 is 28.8 Å². The molecule has 2 aromatic rings. The van der Waals surface area contributed by atoms with Crippen molar-refractivity contribution in [3.63, 3.8) is 0 Å². The highest BCUT2D eigenvalue weighted by Gasteiger charge is 2.00. The van der Waals surface area contributed by atoms with Crippen LogP contribution in [0.1, 0.15) is 18.7 Å². The van der Waals surface area contributed by atoms with Crippen LogP contribution in [0.4, 0.5) is 0 Å². The summed E-state index contributed by atoms with van der Waals surface area (Å²) in [5.41, 5.74) is 1.73. The summed E-state index contributed by atoms with van der Waals surface area (Å²) in [4.78, 5) is 4.32. The average molecular weight is 222 g/mol. The first kappa shape index (κ1) is 10.2. The average Bonchev–Trinajstić information content (AvgIpc) is 2.67. The second-order valence-electron chi connectivity index (χ2n) is 3.25. The van der Waals surface area contributed by atoms with Crippen LogP contribution in [0.2, 0.25) is 0 Å². The van der Waals surface area contributed by atoms with Crippen molar-refractivity contribution < 1.29 is 4.42 Å². The first-order valence-electron chi connectivity index (χ1n) is 4.98. The minimum absolute atomic E-state index is 0.658. The SMILES string of the molecule is ClCCC/C=C/c1nc2ccccc2o1. The van der Waals surface area contributed by atoms with Crippen molar-refractivity contribution in [1.29, 1.82) is 0 Å². The fourth-order valence-electron chi connectivity index (χ4n) is 1.34. The van der Waals surface area contributed by atoms with E-state index in [1.165, 1.54) is 0 Å². The monoisotopic (exact) mass is 221 g/mol. The number of para-hydroxylation sites is 2. The number of allylic oxidation sites excluding steroid dienone is 1. The lowest BCUT2D eigenvalue weighted by atomic mass is 10.3. The zero-order valence-electron chi connectivity index (χ0n) is 8.32. The Kier molecular flexibility index (Phi) is 3.41. The van der Waals surface area contributed by atoms with E-state index in [2.05, 4.69) is 4.98 Å². The zero-order chi connectivity index (χ0) is 10.5. The number of unbranched alkanes of at least 4 members (excludes halogenated alkanes) is 1. The first-order chi connectivity index (χ1) is 7.40. The van der Waals surface area contributed by atoms with E-state index in [-0.39, 0.29) is 0 Å². The molecule has 0 amide bonds. The number of nitrogens with zero attached hydrogens (tertiary/aromatic N) is 1. The maximum absolute atomic E-state index is 5.57. The third-order valence-corrected chi connectivity index (χ3v) is 2.34. The minimum atomic E-state index is 0.658. The molecule has 0 spiro atoms. The Balaban J connectivity index is 2.12. The van der Waals surface area contributed by atoms with Crippen LogP contribution in [0.15, 0.2) is 34.8 Å². The lowest BCUT2D eigenvalue weighted by Crippen LogP contribution is -1.72. The number of hydrogen-bond donors (Lipinski definition) is 0. The number of rotatable bonds is 4. The van der Waals surface area contributed by atoms with Gasteiger partial charge >= 0.3 is 0 Å². The van der Waals surface area contributed by atoms with Crippen molar-refractivity contribution in [3.8, 4) is 0 Å². The van der Waals surface area contributed by atoms with Crippen molar-refractivity contribution in [1.82, 2.24) is 4.98 Å². The lowest BCUT2D eigenvalue weighted by Gasteiger charge is -1.85. The predicted octanol–water partition coefficient (Wildman–Crippen LogP) is 3.86. The van der Waals surface area contributed by atoms with E-state index in [1.54, 1.807) is 0 Å². The van der Waals surface area contributed by atoms with E-state index in [4.69, 9.17) is 16.0 Å². The van der Waals surface area contributed by atoms with Gasteiger partial charge in [-0.1, -0.05) is 18.2 Å². The molecule has 0 saturated heterocycles. The summed E-state index contributed by atoms with van der Waals surface area (Å²) < 4.78 is 5.52. The van der Waals surface area contributed by atoms with Gasteiger partial charge < -0.3 is 4.42 Å². The molecule has 3 heteroatoms. The molecule has 0 radical (unpaired) electrons. The van der Waals surface area contributed by atoms with Gasteiger partial charge in [0.25, 0.3) is 0 Å². The van der Waals surface area contributed by atoms with Gasteiger partial charge in [0.1, 0.15) is 5.52 Å². The molecular weight excluding hydrogens is 210 g/mol. The molecule has 2 nitrogen and oxygen atoms in total. The molecule has 1 aromatic carbocycles. The molecule has 0 aliphatic carbocycles. The molecule has 0 fully saturated rings. The van der Waals surface area contributed by atoms with Crippen LogP contribution in [0.25, 0.3) is 17.2 Å². The molecule has 0 atom stereocenters. The largest absolute Gasteiger partial charge is 0.437 e. The number of oxazole rings is 1. The van der Waals surface area contributed by atoms with Gasteiger partial charge in [-0.25, -0.2) is 4.98 Å². The summed E-state index contributed by atoms with van der Waals surface area (Å²) in [6.07, 6.45) is 5.88. The summed E-state index contributed by atoms with van der Waals surface area (Å²) in [6, 6.07) is 7.74. The molecule has 1 aromatic heterocycles. The maximum atomic E-state index is 5.57. The van der Waals surface area contributed by atoms with Crippen molar-refractivity contribution in [2.75, 3.05) is 5.88 Å². The highest BCUT2D eigenvalue weighted by atomic mass is 35.5. The number of hydrogen-bond acceptors (Lipinski definition) is 2. The summed E-state index contributed by atoms with van der Waals surface area (Å²) in [6.45, 7) is 0. The molecule has 0 aliphatic heterocycles. The van der Waals surface area contributed by atoms with E-state index in [0.717, 1.165) is 23.9 Å². The molecule has 15 heavy (non-hydrogen) atoms. The molecule has 0 saturated carbocycles. The highest BCUT2D eigenvalue weighted by Crippen LogP contribution is 2.15. The van der Waals surface area contributed by atoms with Crippen LogP contribution >= 0.6 is 11.6 Å². The summed E-state index contributed by atoms with van der Waals surface area (Å²) in [7, 11) is 0. The first-order valence-corrected chi connectivity index (χ1v) is 5.51. The van der Waals surface area contributed by atoms with E-state index in [9.17, 15) is 0 Å². The molecule has 2 rings (SSSR count). The molecule has 1 heterocycles. The van der Waals surface area contributed by atoms with Crippen molar-refractivity contribution in [2.24, 2.45) is 0 Å². The van der Waals surface area contributed by atoms with Gasteiger partial charge in [-0.3, -0.25) is 0 Å². The molecule has 0 N–H and O–H groups in total. The van der Waals surface area contributed by atoms with Crippen LogP contribution in [0, 0.1) is 0 Å². The van der Waals surface area contributed by atoms with Crippen LogP contribution in [-0.2, 0) is 0 Å². The van der Waals surface area contributed by atoms with Crippen LogP contribution < -0.4 is 0 Å². The van der Waals surface area contributed by atoms with E-state index in [0.29, 0.717) is 11.8 Å². The van der Waals surface area contributed by atoms with Crippen molar-refractivity contribution in [2.45, 2.75) is 12.8 Å². The predicted molar refractivity (Wildman–Crippen MR) is 63.0 cm³/mol. The van der Waals surface area contributed by atoms with Gasteiger partial charge in [-0.2, -0.15) is 0 Å². The zero-order valence-corrected chi connectivity index (χ0v) is 9.07. The third-order valence-electron chi connectivity index (χ3n) is 2.08. The van der Waals surface area contributed by atoms with Crippen LogP contribution in [0.3, 0.4) is 0 Å². The Morgan fingerprint density at radius 1 is 1.33 bits per heavy atom. The maximum Gasteiger partial charge on any atom is 0.219 e. The van der Waals surface area contributed by atoms with Crippen molar-refractivity contribution in [3.05, 3.63) is 36.2 Å². The fraction of sp³-hybridized carbons (Fsp3) is 0.250. The topological polar surface area (TPSA) is 26.0 Å². The van der Waals surface area contributed by atoms with Gasteiger partial charge in [0.15, 0.2) is 5.58 Å². The summed E-state index contributed by atoms with van der Waals surface area (Å²) in [5.74, 6) is 1.35. The molecule has 78 valence electrons. The Bertz CT molecular complexity index is 428. The summed E-state index contributed by atoms with van der Waals surface area (Å²) in [5, 5.41) is 0. The number of alkyl halides is 1. The second kappa shape index (κ2) is 4.99. The van der Waals surface area contributed by atoms with E-state index < -0.39 is 0 Å². The fourth-order valence-corrected chi connectivity index (χ4v) is 1.49. The molecule has 0 aliphatic rings. The number of halogens is 1. The Hall–Kier alpha value is -1.28. The standard InChI is InChI=1S/C12H12ClNO/c13-9-5-1-2-8-12-14-10-6-3-4-7-11(10)15-12/h2-4,6-8H,1,5,9H2/b8-2+. The Morgan fingerprint density at radius 3 is 3.00 bits per heavy atom. The molecule has 0 bridgehead atoms. The van der Waals surface area contributed by atoms with Crippen LogP contribution in [0.5, 0.6) is 0 Å². The summed E-state index contributed by atoms with van der Waals surface area (Å²) >= 11 is 5.57. The second-order valence-corrected chi connectivity index (χ2v) is 3.63.